The molecule has 1 aliphatic rings. The molecule has 0 unspecified atom stereocenters. The van der Waals surface area contributed by atoms with Gasteiger partial charge < -0.3 is 15.1 Å². The first-order chi connectivity index (χ1) is 13.5. The molecule has 1 N–H and O–H groups in total. The van der Waals surface area contributed by atoms with Crippen LogP contribution >= 0.6 is 0 Å². The highest BCUT2D eigenvalue weighted by Gasteiger charge is 2.15. The highest BCUT2D eigenvalue weighted by Crippen LogP contribution is 2.20. The van der Waals surface area contributed by atoms with Crippen molar-refractivity contribution in [3.63, 3.8) is 0 Å². The number of hydrogen-bond acceptors (Lipinski definition) is 3. The number of rotatable bonds is 6. The molecule has 0 aromatic heterocycles. The molecule has 2 aromatic carbocycles. The molecule has 1 heterocycles. The lowest BCUT2D eigenvalue weighted by molar-refractivity contribution is -0.111. The maximum Gasteiger partial charge on any atom is 0.248 e. The zero-order valence-corrected chi connectivity index (χ0v) is 17.2. The van der Waals surface area contributed by atoms with Gasteiger partial charge in [0.25, 0.3) is 0 Å². The first-order valence-electron chi connectivity index (χ1n) is 10.2. The molecule has 2 aromatic rings. The predicted octanol–water partition coefficient (Wildman–Crippen LogP) is 4.60. The zero-order chi connectivity index (χ0) is 19.9. The molecule has 148 valence electrons. The number of carbonyl (C=O) groups is 1. The smallest absolute Gasteiger partial charge is 0.248 e. The summed E-state index contributed by atoms with van der Waals surface area (Å²) in [6.45, 7) is 12.0. The van der Waals surface area contributed by atoms with E-state index in [4.69, 9.17) is 0 Å². The van der Waals surface area contributed by atoms with Crippen molar-refractivity contribution >= 4 is 23.4 Å². The first kappa shape index (κ1) is 20.2. The first-order valence-corrected chi connectivity index (χ1v) is 10.2. The number of carbonyl (C=O) groups excluding carboxylic acids is 1. The van der Waals surface area contributed by atoms with E-state index in [-0.39, 0.29) is 5.91 Å². The maximum absolute atomic E-state index is 12.2. The van der Waals surface area contributed by atoms with Gasteiger partial charge in [0.2, 0.25) is 5.91 Å². The SMILES string of the molecule is CCN1CCN(c2ccc(NC(=O)/C=C/c3ccc(C(C)C)cc3)cc2)CC1. The molecule has 0 spiro atoms. The number of anilines is 2. The lowest BCUT2D eigenvalue weighted by Gasteiger charge is -2.35. The third kappa shape index (κ3) is 5.46. The van der Waals surface area contributed by atoms with Crippen LogP contribution in [0.25, 0.3) is 6.08 Å². The highest BCUT2D eigenvalue weighted by atomic mass is 16.1. The maximum atomic E-state index is 12.2. The van der Waals surface area contributed by atoms with Gasteiger partial charge in [0.15, 0.2) is 0 Å². The average Bonchev–Trinajstić information content (AvgIpc) is 2.73. The molecule has 0 radical (unpaired) electrons. The Morgan fingerprint density at radius 3 is 2.21 bits per heavy atom. The molecule has 3 rings (SSSR count). The van der Waals surface area contributed by atoms with Crippen molar-refractivity contribution in [2.45, 2.75) is 26.7 Å². The van der Waals surface area contributed by atoms with Crippen LogP contribution < -0.4 is 10.2 Å². The van der Waals surface area contributed by atoms with E-state index in [1.165, 1.54) is 11.3 Å². The van der Waals surface area contributed by atoms with Crippen LogP contribution in [-0.4, -0.2) is 43.5 Å². The van der Waals surface area contributed by atoms with Gasteiger partial charge in [0.05, 0.1) is 0 Å². The van der Waals surface area contributed by atoms with Crippen molar-refractivity contribution < 1.29 is 4.79 Å². The summed E-state index contributed by atoms with van der Waals surface area (Å²) >= 11 is 0. The Balaban J connectivity index is 1.53. The van der Waals surface area contributed by atoms with Crippen LogP contribution in [0, 0.1) is 0 Å². The van der Waals surface area contributed by atoms with Gasteiger partial charge in [-0.1, -0.05) is 45.0 Å². The van der Waals surface area contributed by atoms with Crippen molar-refractivity contribution in [1.29, 1.82) is 0 Å². The lowest BCUT2D eigenvalue weighted by Crippen LogP contribution is -2.46. The summed E-state index contributed by atoms with van der Waals surface area (Å²) < 4.78 is 0. The van der Waals surface area contributed by atoms with Crippen LogP contribution in [0.2, 0.25) is 0 Å². The normalized spacial score (nSPS) is 15.4. The molecule has 0 aliphatic carbocycles. The van der Waals surface area contributed by atoms with Crippen LogP contribution in [0.1, 0.15) is 37.8 Å². The van der Waals surface area contributed by atoms with Crippen molar-refractivity contribution in [2.24, 2.45) is 0 Å². The van der Waals surface area contributed by atoms with Crippen LogP contribution in [0.4, 0.5) is 11.4 Å². The molecule has 4 heteroatoms. The van der Waals surface area contributed by atoms with E-state index in [0.717, 1.165) is 44.0 Å². The minimum Gasteiger partial charge on any atom is -0.369 e. The standard InChI is InChI=1S/C24H31N3O/c1-4-26-15-17-27(18-16-26)23-12-10-22(11-13-23)25-24(28)14-7-20-5-8-21(9-6-20)19(2)3/h5-14,19H,4,15-18H2,1-3H3,(H,25,28)/b14-7+. The second kappa shape index (κ2) is 9.56. The van der Waals surface area contributed by atoms with Gasteiger partial charge in [-0.2, -0.15) is 0 Å². The van der Waals surface area contributed by atoms with E-state index < -0.39 is 0 Å². The number of hydrogen-bond donors (Lipinski definition) is 1. The van der Waals surface area contributed by atoms with E-state index >= 15 is 0 Å². The fraction of sp³-hybridized carbons (Fsp3) is 0.375. The third-order valence-electron chi connectivity index (χ3n) is 5.35. The summed E-state index contributed by atoms with van der Waals surface area (Å²) in [6.07, 6.45) is 3.43. The molecular weight excluding hydrogens is 346 g/mol. The number of amides is 1. The number of benzene rings is 2. The van der Waals surface area contributed by atoms with Crippen LogP contribution in [-0.2, 0) is 4.79 Å². The largest absolute Gasteiger partial charge is 0.369 e. The van der Waals surface area contributed by atoms with E-state index in [1.807, 2.05) is 30.3 Å². The predicted molar refractivity (Wildman–Crippen MR) is 119 cm³/mol. The van der Waals surface area contributed by atoms with Gasteiger partial charge >= 0.3 is 0 Å². The van der Waals surface area contributed by atoms with E-state index in [9.17, 15) is 4.79 Å². The summed E-state index contributed by atoms with van der Waals surface area (Å²) in [6, 6.07) is 16.5. The van der Waals surface area contributed by atoms with Gasteiger partial charge in [0.1, 0.15) is 0 Å². The topological polar surface area (TPSA) is 35.6 Å². The summed E-state index contributed by atoms with van der Waals surface area (Å²) in [5, 5.41) is 2.94. The number of piperazine rings is 1. The lowest BCUT2D eigenvalue weighted by atomic mass is 10.0. The molecule has 0 bridgehead atoms. The van der Waals surface area contributed by atoms with Crippen LogP contribution in [0.5, 0.6) is 0 Å². The summed E-state index contributed by atoms with van der Waals surface area (Å²) in [5.41, 5.74) is 4.37. The Morgan fingerprint density at radius 1 is 1.00 bits per heavy atom. The van der Waals surface area contributed by atoms with E-state index in [2.05, 4.69) is 60.2 Å². The zero-order valence-electron chi connectivity index (χ0n) is 17.2. The number of nitrogens with one attached hydrogen (secondary N) is 1. The minimum absolute atomic E-state index is 0.114. The van der Waals surface area contributed by atoms with Crippen molar-refractivity contribution in [3.05, 3.63) is 65.7 Å². The summed E-state index contributed by atoms with van der Waals surface area (Å²) in [7, 11) is 0. The summed E-state index contributed by atoms with van der Waals surface area (Å²) in [5.74, 6) is 0.400. The van der Waals surface area contributed by atoms with Crippen molar-refractivity contribution in [3.8, 4) is 0 Å². The average molecular weight is 378 g/mol. The third-order valence-corrected chi connectivity index (χ3v) is 5.35. The van der Waals surface area contributed by atoms with Crippen molar-refractivity contribution in [1.82, 2.24) is 4.90 Å². The number of likely N-dealkylation sites (N-methyl/N-ethyl adjacent to an activating group) is 1. The second-order valence-corrected chi connectivity index (χ2v) is 7.61. The van der Waals surface area contributed by atoms with Crippen LogP contribution in [0.15, 0.2) is 54.6 Å². The molecule has 1 saturated heterocycles. The Bertz CT molecular complexity index is 786. The van der Waals surface area contributed by atoms with Gasteiger partial charge in [-0.25, -0.2) is 0 Å². The molecular formula is C24H31N3O. The Hall–Kier alpha value is -2.59. The quantitative estimate of drug-likeness (QED) is 0.747. The monoisotopic (exact) mass is 377 g/mol. The van der Waals surface area contributed by atoms with Gasteiger partial charge in [-0.05, 0) is 53.9 Å². The molecule has 0 saturated carbocycles. The van der Waals surface area contributed by atoms with E-state index in [0.29, 0.717) is 5.92 Å². The Morgan fingerprint density at radius 2 is 1.64 bits per heavy atom. The molecule has 1 amide bonds. The molecule has 4 nitrogen and oxygen atoms in total. The van der Waals surface area contributed by atoms with Gasteiger partial charge in [0, 0.05) is 43.6 Å². The van der Waals surface area contributed by atoms with Crippen LogP contribution in [0.3, 0.4) is 0 Å². The minimum atomic E-state index is -0.114. The molecule has 0 atom stereocenters. The number of nitrogens with zero attached hydrogens (tertiary/aromatic N) is 2. The summed E-state index contributed by atoms with van der Waals surface area (Å²) in [4.78, 5) is 17.1. The fourth-order valence-electron chi connectivity index (χ4n) is 3.43. The highest BCUT2D eigenvalue weighted by molar-refractivity contribution is 6.02. The fourth-order valence-corrected chi connectivity index (χ4v) is 3.43. The Kier molecular flexibility index (Phi) is 6.88. The second-order valence-electron chi connectivity index (χ2n) is 7.61. The molecule has 1 aliphatic heterocycles. The Labute approximate surface area is 168 Å². The van der Waals surface area contributed by atoms with Gasteiger partial charge in [-0.15, -0.1) is 0 Å². The molecule has 1 fully saturated rings. The van der Waals surface area contributed by atoms with Crippen molar-refractivity contribution in [2.75, 3.05) is 42.9 Å². The van der Waals surface area contributed by atoms with Gasteiger partial charge in [-0.3, -0.25) is 4.79 Å². The van der Waals surface area contributed by atoms with E-state index in [1.54, 1.807) is 6.08 Å². The molecule has 28 heavy (non-hydrogen) atoms.